The molecule has 0 amide bonds. The lowest BCUT2D eigenvalue weighted by Gasteiger charge is -2.04. The Morgan fingerprint density at radius 3 is 2.84 bits per heavy atom. The highest BCUT2D eigenvalue weighted by atomic mass is 19.1. The molecule has 2 aromatic rings. The van der Waals surface area contributed by atoms with Gasteiger partial charge in [0.05, 0.1) is 19.2 Å². The van der Waals surface area contributed by atoms with Gasteiger partial charge in [-0.2, -0.15) is 5.10 Å². The van der Waals surface area contributed by atoms with Gasteiger partial charge in [-0.05, 0) is 18.2 Å². The van der Waals surface area contributed by atoms with Gasteiger partial charge in [-0.1, -0.05) is 0 Å². The number of ether oxygens (including phenoxy) is 1. The van der Waals surface area contributed by atoms with Crippen LogP contribution in [0.25, 0.3) is 11.3 Å². The Morgan fingerprint density at radius 1 is 1.53 bits per heavy atom. The van der Waals surface area contributed by atoms with Crippen LogP contribution in [-0.4, -0.2) is 28.0 Å². The number of carboxylic acids is 1. The number of aliphatic carboxylic acids is 1. The number of methoxy groups -OCH3 is 1. The summed E-state index contributed by atoms with van der Waals surface area (Å²) in [4.78, 5) is 10.8. The molecule has 0 unspecified atom stereocenters. The van der Waals surface area contributed by atoms with E-state index >= 15 is 0 Å². The number of carboxylic acid groups (broad SMARTS) is 1. The van der Waals surface area contributed by atoms with E-state index in [-0.39, 0.29) is 12.2 Å². The number of rotatable bonds is 4. The largest absolute Gasteiger partial charge is 0.494 e. The Labute approximate surface area is 109 Å². The second kappa shape index (κ2) is 5.09. The molecule has 0 radical (unpaired) electrons. The lowest BCUT2D eigenvalue weighted by molar-refractivity contribution is -0.136. The maximum atomic E-state index is 13.7. The molecule has 19 heavy (non-hydrogen) atoms. The van der Waals surface area contributed by atoms with Crippen molar-refractivity contribution in [3.8, 4) is 17.0 Å². The summed E-state index contributed by atoms with van der Waals surface area (Å²) in [6, 6.07) is 4.42. The molecular formula is C13H13FN2O3. The Bertz CT molecular complexity index is 622. The number of aryl methyl sites for hydroxylation is 1. The molecule has 0 aliphatic carbocycles. The van der Waals surface area contributed by atoms with E-state index in [1.807, 2.05) is 0 Å². The van der Waals surface area contributed by atoms with Crippen molar-refractivity contribution in [3.05, 3.63) is 35.8 Å². The van der Waals surface area contributed by atoms with Gasteiger partial charge in [0.25, 0.3) is 0 Å². The van der Waals surface area contributed by atoms with Gasteiger partial charge < -0.3 is 9.84 Å². The van der Waals surface area contributed by atoms with Crippen molar-refractivity contribution < 1.29 is 19.0 Å². The zero-order chi connectivity index (χ0) is 14.0. The minimum Gasteiger partial charge on any atom is -0.494 e. The molecule has 0 fully saturated rings. The molecule has 0 saturated carbocycles. The first-order valence-corrected chi connectivity index (χ1v) is 5.59. The monoisotopic (exact) mass is 264 g/mol. The van der Waals surface area contributed by atoms with Gasteiger partial charge in [0.15, 0.2) is 11.6 Å². The molecule has 0 spiro atoms. The average molecular weight is 264 g/mol. The Balaban J connectivity index is 2.46. The number of halogens is 1. The fourth-order valence-corrected chi connectivity index (χ4v) is 1.89. The molecule has 5 nitrogen and oxygen atoms in total. The molecular weight excluding hydrogens is 251 g/mol. The number of hydrogen-bond donors (Lipinski definition) is 1. The van der Waals surface area contributed by atoms with E-state index in [0.29, 0.717) is 16.8 Å². The van der Waals surface area contributed by atoms with Crippen LogP contribution in [0, 0.1) is 5.82 Å². The van der Waals surface area contributed by atoms with Crippen molar-refractivity contribution in [2.45, 2.75) is 6.42 Å². The molecule has 1 aromatic heterocycles. The van der Waals surface area contributed by atoms with E-state index in [9.17, 15) is 9.18 Å². The molecule has 1 aromatic carbocycles. The van der Waals surface area contributed by atoms with Crippen LogP contribution in [-0.2, 0) is 18.3 Å². The lowest BCUT2D eigenvalue weighted by Crippen LogP contribution is -2.00. The summed E-state index contributed by atoms with van der Waals surface area (Å²) >= 11 is 0. The number of aromatic nitrogens is 2. The van der Waals surface area contributed by atoms with Gasteiger partial charge in [0.2, 0.25) is 0 Å². The summed E-state index contributed by atoms with van der Waals surface area (Å²) in [5.74, 6) is -1.32. The number of carbonyl (C=O) groups is 1. The zero-order valence-corrected chi connectivity index (χ0v) is 10.6. The summed E-state index contributed by atoms with van der Waals surface area (Å²) < 4.78 is 20.0. The first kappa shape index (κ1) is 13.1. The summed E-state index contributed by atoms with van der Waals surface area (Å²) in [5, 5.41) is 13.0. The third-order valence-electron chi connectivity index (χ3n) is 2.67. The molecule has 2 rings (SSSR count). The standard InChI is InChI=1S/C13H13FN2O3/c1-16-7-9(6-12(17)18)13(15-16)8-3-4-11(19-2)10(14)5-8/h3-5,7H,6H2,1-2H3,(H,17,18). The number of benzene rings is 1. The fraction of sp³-hybridized carbons (Fsp3) is 0.231. The predicted molar refractivity (Wildman–Crippen MR) is 66.5 cm³/mol. The molecule has 6 heteroatoms. The normalized spacial score (nSPS) is 10.5. The van der Waals surface area contributed by atoms with E-state index < -0.39 is 11.8 Å². The number of nitrogens with zero attached hydrogens (tertiary/aromatic N) is 2. The first-order valence-electron chi connectivity index (χ1n) is 5.59. The smallest absolute Gasteiger partial charge is 0.307 e. The second-order valence-corrected chi connectivity index (χ2v) is 4.10. The van der Waals surface area contributed by atoms with Crippen LogP contribution in [0.4, 0.5) is 4.39 Å². The molecule has 0 saturated heterocycles. The van der Waals surface area contributed by atoms with Crippen LogP contribution in [0.1, 0.15) is 5.56 Å². The van der Waals surface area contributed by atoms with Crippen molar-refractivity contribution in [2.75, 3.05) is 7.11 Å². The van der Waals surface area contributed by atoms with Crippen molar-refractivity contribution in [2.24, 2.45) is 7.05 Å². The molecule has 1 N–H and O–H groups in total. The van der Waals surface area contributed by atoms with Crippen LogP contribution in [0.5, 0.6) is 5.75 Å². The van der Waals surface area contributed by atoms with Crippen molar-refractivity contribution >= 4 is 5.97 Å². The van der Waals surface area contributed by atoms with Crippen molar-refractivity contribution in [3.63, 3.8) is 0 Å². The highest BCUT2D eigenvalue weighted by molar-refractivity contribution is 5.75. The zero-order valence-electron chi connectivity index (χ0n) is 10.6. The Kier molecular flexibility index (Phi) is 3.50. The SMILES string of the molecule is COc1ccc(-c2nn(C)cc2CC(=O)O)cc1F. The maximum absolute atomic E-state index is 13.7. The minimum atomic E-state index is -0.955. The highest BCUT2D eigenvalue weighted by Gasteiger charge is 2.14. The summed E-state index contributed by atoms with van der Waals surface area (Å²) in [5.41, 5.74) is 1.53. The van der Waals surface area contributed by atoms with E-state index in [1.54, 1.807) is 19.3 Å². The number of hydrogen-bond acceptors (Lipinski definition) is 3. The van der Waals surface area contributed by atoms with Crippen LogP contribution in [0.2, 0.25) is 0 Å². The summed E-state index contributed by atoms with van der Waals surface area (Å²) in [6.45, 7) is 0. The van der Waals surface area contributed by atoms with Crippen LogP contribution in [0.3, 0.4) is 0 Å². The molecule has 0 aliphatic rings. The molecule has 100 valence electrons. The Hall–Kier alpha value is -2.37. The van der Waals surface area contributed by atoms with E-state index in [0.717, 1.165) is 0 Å². The van der Waals surface area contributed by atoms with Gasteiger partial charge in [0.1, 0.15) is 0 Å². The molecule has 0 bridgehead atoms. The topological polar surface area (TPSA) is 64.4 Å². The van der Waals surface area contributed by atoms with Crippen LogP contribution in [0.15, 0.2) is 24.4 Å². The van der Waals surface area contributed by atoms with E-state index in [4.69, 9.17) is 9.84 Å². The summed E-state index contributed by atoms with van der Waals surface area (Å²) in [6.07, 6.45) is 1.46. The van der Waals surface area contributed by atoms with Crippen LogP contribution >= 0.6 is 0 Å². The third kappa shape index (κ3) is 2.73. The lowest BCUT2D eigenvalue weighted by atomic mass is 10.1. The van der Waals surface area contributed by atoms with Gasteiger partial charge >= 0.3 is 5.97 Å². The quantitative estimate of drug-likeness (QED) is 0.915. The first-order chi connectivity index (χ1) is 9.01. The van der Waals surface area contributed by atoms with E-state index in [2.05, 4.69) is 5.10 Å². The maximum Gasteiger partial charge on any atom is 0.307 e. The molecule has 0 atom stereocenters. The second-order valence-electron chi connectivity index (χ2n) is 4.10. The van der Waals surface area contributed by atoms with Gasteiger partial charge in [-0.25, -0.2) is 4.39 Å². The van der Waals surface area contributed by atoms with Gasteiger partial charge in [-0.3, -0.25) is 9.48 Å². The van der Waals surface area contributed by atoms with Gasteiger partial charge in [-0.15, -0.1) is 0 Å². The van der Waals surface area contributed by atoms with Gasteiger partial charge in [0, 0.05) is 24.4 Å². The third-order valence-corrected chi connectivity index (χ3v) is 2.67. The highest BCUT2D eigenvalue weighted by Crippen LogP contribution is 2.27. The molecule has 0 aliphatic heterocycles. The van der Waals surface area contributed by atoms with Crippen molar-refractivity contribution in [1.29, 1.82) is 0 Å². The Morgan fingerprint density at radius 2 is 2.26 bits per heavy atom. The van der Waals surface area contributed by atoms with E-state index in [1.165, 1.54) is 23.9 Å². The van der Waals surface area contributed by atoms with Crippen LogP contribution < -0.4 is 4.74 Å². The summed E-state index contributed by atoms with van der Waals surface area (Å²) in [7, 11) is 3.07. The predicted octanol–water partition coefficient (Wildman–Crippen LogP) is 1.86. The average Bonchev–Trinajstić information content (AvgIpc) is 2.69. The minimum absolute atomic E-state index is 0.138. The molecule has 1 heterocycles. The fourth-order valence-electron chi connectivity index (χ4n) is 1.89. The van der Waals surface area contributed by atoms with Crippen molar-refractivity contribution in [1.82, 2.24) is 9.78 Å².